The fourth-order valence-electron chi connectivity index (χ4n) is 3.19. The first-order valence-corrected chi connectivity index (χ1v) is 8.54. The average Bonchev–Trinajstić information content (AvgIpc) is 2.58. The minimum atomic E-state index is -0.193. The maximum absolute atomic E-state index is 12.7. The highest BCUT2D eigenvalue weighted by atomic mass is 16.5. The van der Waals surface area contributed by atoms with Crippen molar-refractivity contribution in [3.63, 3.8) is 0 Å². The topological polar surface area (TPSA) is 55.8 Å². The van der Waals surface area contributed by atoms with E-state index in [9.17, 15) is 9.59 Å². The second-order valence-corrected chi connectivity index (χ2v) is 6.36. The molecule has 1 aromatic rings. The van der Waals surface area contributed by atoms with Crippen LogP contribution in [-0.4, -0.2) is 43.6 Å². The molecular formula is C19H27NO4. The quantitative estimate of drug-likeness (QED) is 0.778. The van der Waals surface area contributed by atoms with Crippen LogP contribution in [0.1, 0.15) is 36.5 Å². The molecule has 0 bridgehead atoms. The van der Waals surface area contributed by atoms with Crippen LogP contribution in [0.2, 0.25) is 0 Å². The van der Waals surface area contributed by atoms with Gasteiger partial charge in [-0.15, -0.1) is 0 Å². The predicted molar refractivity (Wildman–Crippen MR) is 92.1 cm³/mol. The van der Waals surface area contributed by atoms with Crippen molar-refractivity contribution in [1.29, 1.82) is 0 Å². The summed E-state index contributed by atoms with van der Waals surface area (Å²) in [6.45, 7) is 7.33. The first kappa shape index (κ1) is 18.3. The standard InChI is InChI=1S/C19H27NO4/c1-5-24-19(22)15-7-6-8-20(12-15)18(21)11-16-9-14(3)17(23-4)10-13(16)2/h9-10,15H,5-8,11-12H2,1-4H3. The number of benzene rings is 1. The average molecular weight is 333 g/mol. The Bertz CT molecular complexity index is 612. The number of ether oxygens (including phenoxy) is 2. The summed E-state index contributed by atoms with van der Waals surface area (Å²) < 4.78 is 10.4. The van der Waals surface area contributed by atoms with Gasteiger partial charge in [0, 0.05) is 13.1 Å². The molecule has 1 aliphatic heterocycles. The summed E-state index contributed by atoms with van der Waals surface area (Å²) in [6.07, 6.45) is 1.99. The summed E-state index contributed by atoms with van der Waals surface area (Å²) in [5, 5.41) is 0. The van der Waals surface area contributed by atoms with Crippen LogP contribution in [0, 0.1) is 19.8 Å². The van der Waals surface area contributed by atoms with E-state index in [0.717, 1.165) is 35.3 Å². The molecule has 1 atom stereocenters. The van der Waals surface area contributed by atoms with Gasteiger partial charge in [0.25, 0.3) is 0 Å². The number of piperidine rings is 1. The van der Waals surface area contributed by atoms with E-state index in [1.165, 1.54) is 0 Å². The van der Waals surface area contributed by atoms with Crippen LogP contribution in [0.3, 0.4) is 0 Å². The van der Waals surface area contributed by atoms with Crippen LogP contribution in [0.5, 0.6) is 5.75 Å². The summed E-state index contributed by atoms with van der Waals surface area (Å²) in [4.78, 5) is 26.4. The van der Waals surface area contributed by atoms with Crippen LogP contribution in [0.4, 0.5) is 0 Å². The third kappa shape index (κ3) is 4.28. The van der Waals surface area contributed by atoms with Crippen molar-refractivity contribution in [2.45, 2.75) is 40.0 Å². The lowest BCUT2D eigenvalue weighted by Crippen LogP contribution is -2.43. The number of nitrogens with zero attached hydrogens (tertiary/aromatic N) is 1. The van der Waals surface area contributed by atoms with E-state index in [-0.39, 0.29) is 17.8 Å². The molecule has 0 spiro atoms. The number of carbonyl (C=O) groups is 2. The first-order chi connectivity index (χ1) is 11.5. The van der Waals surface area contributed by atoms with Gasteiger partial charge in [-0.1, -0.05) is 6.07 Å². The maximum atomic E-state index is 12.7. The van der Waals surface area contributed by atoms with Gasteiger partial charge in [0.2, 0.25) is 5.91 Å². The lowest BCUT2D eigenvalue weighted by Gasteiger charge is -2.31. The van der Waals surface area contributed by atoms with Crippen LogP contribution in [0.25, 0.3) is 0 Å². The Morgan fingerprint density at radius 3 is 2.67 bits per heavy atom. The lowest BCUT2D eigenvalue weighted by atomic mass is 9.96. The van der Waals surface area contributed by atoms with E-state index in [0.29, 0.717) is 26.1 Å². The van der Waals surface area contributed by atoms with Crippen molar-refractivity contribution in [3.8, 4) is 5.75 Å². The summed E-state index contributed by atoms with van der Waals surface area (Å²) in [6, 6.07) is 3.98. The zero-order valence-corrected chi connectivity index (χ0v) is 15.1. The molecule has 0 aromatic heterocycles. The maximum Gasteiger partial charge on any atom is 0.310 e. The van der Waals surface area contributed by atoms with Gasteiger partial charge in [0.1, 0.15) is 5.75 Å². The van der Waals surface area contributed by atoms with Gasteiger partial charge in [-0.05, 0) is 56.4 Å². The molecule has 0 saturated carbocycles. The molecule has 0 aliphatic carbocycles. The van der Waals surface area contributed by atoms with Crippen molar-refractivity contribution in [2.24, 2.45) is 5.92 Å². The fourth-order valence-corrected chi connectivity index (χ4v) is 3.19. The molecule has 1 heterocycles. The van der Waals surface area contributed by atoms with E-state index in [1.54, 1.807) is 18.9 Å². The van der Waals surface area contributed by atoms with Crippen molar-refractivity contribution in [1.82, 2.24) is 4.90 Å². The Labute approximate surface area is 143 Å². The third-order valence-electron chi connectivity index (χ3n) is 4.59. The SMILES string of the molecule is CCOC(=O)C1CCCN(C(=O)Cc2cc(C)c(OC)cc2C)C1. The summed E-state index contributed by atoms with van der Waals surface area (Å²) in [7, 11) is 1.65. The molecule has 1 saturated heterocycles. The van der Waals surface area contributed by atoms with Gasteiger partial charge < -0.3 is 14.4 Å². The van der Waals surface area contributed by atoms with Gasteiger partial charge in [-0.25, -0.2) is 0 Å². The van der Waals surface area contributed by atoms with Crippen molar-refractivity contribution in [3.05, 3.63) is 28.8 Å². The number of methoxy groups -OCH3 is 1. The zero-order chi connectivity index (χ0) is 17.7. The predicted octanol–water partition coefficient (Wildman–Crippen LogP) is 2.66. The molecule has 1 unspecified atom stereocenters. The molecule has 1 aromatic carbocycles. The van der Waals surface area contributed by atoms with Crippen LogP contribution in [-0.2, 0) is 20.7 Å². The Kier molecular flexibility index (Phi) is 6.23. The number of carbonyl (C=O) groups excluding carboxylic acids is 2. The molecule has 1 fully saturated rings. The summed E-state index contributed by atoms with van der Waals surface area (Å²) in [5.41, 5.74) is 3.08. The lowest BCUT2D eigenvalue weighted by molar-refractivity contribution is -0.151. The molecule has 2 rings (SSSR count). The van der Waals surface area contributed by atoms with Crippen molar-refractivity contribution < 1.29 is 19.1 Å². The smallest absolute Gasteiger partial charge is 0.310 e. The number of likely N-dealkylation sites (tertiary alicyclic amines) is 1. The Morgan fingerprint density at radius 2 is 2.00 bits per heavy atom. The van der Waals surface area contributed by atoms with Gasteiger partial charge in [0.05, 0.1) is 26.1 Å². The molecule has 5 nitrogen and oxygen atoms in total. The number of hydrogen-bond donors (Lipinski definition) is 0. The highest BCUT2D eigenvalue weighted by molar-refractivity contribution is 5.81. The minimum Gasteiger partial charge on any atom is -0.496 e. The molecule has 1 amide bonds. The number of amides is 1. The normalized spacial score (nSPS) is 17.5. The zero-order valence-electron chi connectivity index (χ0n) is 15.1. The summed E-state index contributed by atoms with van der Waals surface area (Å²) in [5.74, 6) is 0.522. The minimum absolute atomic E-state index is 0.0664. The Morgan fingerprint density at radius 1 is 1.25 bits per heavy atom. The highest BCUT2D eigenvalue weighted by Gasteiger charge is 2.29. The molecule has 132 valence electrons. The number of esters is 1. The van der Waals surface area contributed by atoms with Gasteiger partial charge in [-0.2, -0.15) is 0 Å². The van der Waals surface area contributed by atoms with Crippen LogP contribution in [0.15, 0.2) is 12.1 Å². The largest absolute Gasteiger partial charge is 0.496 e. The number of hydrogen-bond acceptors (Lipinski definition) is 4. The van der Waals surface area contributed by atoms with E-state index in [2.05, 4.69) is 0 Å². The second-order valence-electron chi connectivity index (χ2n) is 6.36. The highest BCUT2D eigenvalue weighted by Crippen LogP contribution is 2.24. The molecule has 0 radical (unpaired) electrons. The van der Waals surface area contributed by atoms with Crippen LogP contribution < -0.4 is 4.74 Å². The monoisotopic (exact) mass is 333 g/mol. The first-order valence-electron chi connectivity index (χ1n) is 8.54. The van der Waals surface area contributed by atoms with E-state index in [1.807, 2.05) is 26.0 Å². The fraction of sp³-hybridized carbons (Fsp3) is 0.579. The van der Waals surface area contributed by atoms with Crippen LogP contribution >= 0.6 is 0 Å². The third-order valence-corrected chi connectivity index (χ3v) is 4.59. The van der Waals surface area contributed by atoms with Gasteiger partial charge >= 0.3 is 5.97 Å². The van der Waals surface area contributed by atoms with Crippen molar-refractivity contribution >= 4 is 11.9 Å². The Hall–Kier alpha value is -2.04. The van der Waals surface area contributed by atoms with Gasteiger partial charge in [-0.3, -0.25) is 9.59 Å². The van der Waals surface area contributed by atoms with Crippen molar-refractivity contribution in [2.75, 3.05) is 26.8 Å². The molecule has 5 heteroatoms. The van der Waals surface area contributed by atoms with E-state index < -0.39 is 0 Å². The number of rotatable bonds is 5. The summed E-state index contributed by atoms with van der Waals surface area (Å²) >= 11 is 0. The second kappa shape index (κ2) is 8.18. The number of aryl methyl sites for hydroxylation is 2. The molecular weight excluding hydrogens is 306 g/mol. The van der Waals surface area contributed by atoms with E-state index >= 15 is 0 Å². The Balaban J connectivity index is 2.04. The molecule has 24 heavy (non-hydrogen) atoms. The molecule has 0 N–H and O–H groups in total. The molecule has 1 aliphatic rings. The van der Waals surface area contributed by atoms with Gasteiger partial charge in [0.15, 0.2) is 0 Å². The van der Waals surface area contributed by atoms with E-state index in [4.69, 9.17) is 9.47 Å².